The van der Waals surface area contributed by atoms with E-state index in [0.29, 0.717) is 0 Å². The number of pyridine rings is 1. The van der Waals surface area contributed by atoms with Crippen molar-refractivity contribution in [2.24, 2.45) is 0 Å². The molecule has 0 saturated carbocycles. The third-order valence-electron chi connectivity index (χ3n) is 1.09. The van der Waals surface area contributed by atoms with Gasteiger partial charge in [0.25, 0.3) is 0 Å². The number of aromatic nitrogens is 1. The number of rotatable bonds is 0. The van der Waals surface area contributed by atoms with Gasteiger partial charge in [-0.05, 0) is 0 Å². The quantitative estimate of drug-likeness (QED) is 0.462. The van der Waals surface area contributed by atoms with Crippen molar-refractivity contribution in [3.05, 3.63) is 29.3 Å². The van der Waals surface area contributed by atoms with Gasteiger partial charge in [-0.3, -0.25) is 0 Å². The maximum atomic E-state index is 12.3. The number of hydrogen-bond donors (Lipinski definition) is 0. The Bertz CT molecular complexity index is 331. The molecule has 1 aromatic rings. The van der Waals surface area contributed by atoms with Crippen molar-refractivity contribution in [3.8, 4) is 0 Å². The van der Waals surface area contributed by atoms with Crippen LogP contribution in [-0.2, 0) is 6.18 Å². The molecule has 7 heteroatoms. The lowest BCUT2D eigenvalue weighted by Gasteiger charge is -2.05. The Morgan fingerprint density at radius 1 is 1.00 bits per heavy atom. The van der Waals surface area contributed by atoms with Gasteiger partial charge in [0.05, 0.1) is 6.07 Å². The smallest absolute Gasteiger partial charge is 0.209 e. The van der Waals surface area contributed by atoms with Crippen LogP contribution in [0.15, 0.2) is 0 Å². The molecule has 0 atom stereocenters. The van der Waals surface area contributed by atoms with E-state index >= 15 is 0 Å². The molecule has 1 aromatic heterocycles. The summed E-state index contributed by atoms with van der Waals surface area (Å²) >= 11 is 0. The summed E-state index contributed by atoms with van der Waals surface area (Å²) in [5, 5.41) is 0. The average molecular weight is 200 g/mol. The third-order valence-corrected chi connectivity index (χ3v) is 1.09. The second-order valence-corrected chi connectivity index (χ2v) is 2.00. The first-order chi connectivity index (χ1) is 5.82. The van der Waals surface area contributed by atoms with Gasteiger partial charge in [0, 0.05) is 0 Å². The molecule has 0 aliphatic heterocycles. The summed E-state index contributed by atoms with van der Waals surface area (Å²) in [6.45, 7) is 0. The highest BCUT2D eigenvalue weighted by Crippen LogP contribution is 2.29. The highest BCUT2D eigenvalue weighted by molar-refractivity contribution is 5.11. The van der Waals surface area contributed by atoms with Crippen LogP contribution < -0.4 is 0 Å². The van der Waals surface area contributed by atoms with Crippen molar-refractivity contribution in [1.29, 1.82) is 0 Å². The van der Waals surface area contributed by atoms with E-state index < -0.39 is 29.5 Å². The first-order valence-corrected chi connectivity index (χ1v) is 2.83. The minimum atomic E-state index is -5.16. The number of halogens is 6. The molecule has 1 radical (unpaired) electrons. The predicted molar refractivity (Wildman–Crippen MR) is 27.9 cm³/mol. The summed E-state index contributed by atoms with van der Waals surface area (Å²) in [6, 6.07) is 0.923. The fraction of sp³-hybridized carbons (Fsp3) is 0.167. The van der Waals surface area contributed by atoms with Crippen molar-refractivity contribution >= 4 is 0 Å². The van der Waals surface area contributed by atoms with Crippen LogP contribution >= 0.6 is 0 Å². The molecule has 0 saturated heterocycles. The summed E-state index contributed by atoms with van der Waals surface area (Å²) in [6.07, 6.45) is -5.16. The van der Waals surface area contributed by atoms with Gasteiger partial charge in [-0.1, -0.05) is 0 Å². The molecule has 0 unspecified atom stereocenters. The molecule has 0 N–H and O–H groups in total. The lowest BCUT2D eigenvalue weighted by atomic mass is 10.3. The Morgan fingerprint density at radius 3 is 2.00 bits per heavy atom. The van der Waals surface area contributed by atoms with E-state index in [0.717, 1.165) is 6.07 Å². The molecule has 0 spiro atoms. The van der Waals surface area contributed by atoms with Gasteiger partial charge in [-0.15, -0.1) is 0 Å². The van der Waals surface area contributed by atoms with Gasteiger partial charge in [0.15, 0.2) is 17.3 Å². The highest BCUT2D eigenvalue weighted by Gasteiger charge is 2.37. The van der Waals surface area contributed by atoms with Gasteiger partial charge in [-0.25, -0.2) is 13.8 Å². The molecule has 1 rings (SSSR count). The standard InChI is InChI=1S/C6F6N/c7-2-1-3(8)5(9)13-4(2)6(10,11)12. The van der Waals surface area contributed by atoms with E-state index in [1.54, 1.807) is 0 Å². The molecule has 1 heterocycles. The monoisotopic (exact) mass is 200 g/mol. The Labute approximate surface area is 68.0 Å². The van der Waals surface area contributed by atoms with Crippen molar-refractivity contribution in [3.63, 3.8) is 0 Å². The van der Waals surface area contributed by atoms with Crippen LogP contribution in [0.2, 0.25) is 0 Å². The summed E-state index contributed by atoms with van der Waals surface area (Å²) < 4.78 is 71.7. The van der Waals surface area contributed by atoms with Gasteiger partial charge in [0.2, 0.25) is 5.95 Å². The van der Waals surface area contributed by atoms with Crippen molar-refractivity contribution in [2.45, 2.75) is 6.18 Å². The van der Waals surface area contributed by atoms with E-state index in [1.807, 2.05) is 0 Å². The van der Waals surface area contributed by atoms with Gasteiger partial charge in [-0.2, -0.15) is 17.6 Å². The number of nitrogens with zero attached hydrogens (tertiary/aromatic N) is 1. The van der Waals surface area contributed by atoms with E-state index in [9.17, 15) is 26.3 Å². The average Bonchev–Trinajstić information content (AvgIpc) is 1.94. The van der Waals surface area contributed by atoms with E-state index in [-0.39, 0.29) is 0 Å². The van der Waals surface area contributed by atoms with E-state index in [2.05, 4.69) is 4.98 Å². The molecule has 71 valence electrons. The lowest BCUT2D eigenvalue weighted by molar-refractivity contribution is -0.144. The van der Waals surface area contributed by atoms with E-state index in [4.69, 9.17) is 0 Å². The predicted octanol–water partition coefficient (Wildman–Crippen LogP) is 2.32. The summed E-state index contributed by atoms with van der Waals surface area (Å²) in [5.41, 5.74) is -2.12. The second kappa shape index (κ2) is 2.90. The normalized spacial score (nSPS) is 11.8. The Kier molecular flexibility index (Phi) is 2.19. The Morgan fingerprint density at radius 2 is 1.54 bits per heavy atom. The number of hydrogen-bond acceptors (Lipinski definition) is 1. The van der Waals surface area contributed by atoms with Crippen molar-refractivity contribution < 1.29 is 26.3 Å². The van der Waals surface area contributed by atoms with Crippen LogP contribution in [0.25, 0.3) is 0 Å². The van der Waals surface area contributed by atoms with Crippen LogP contribution in [0.5, 0.6) is 0 Å². The minimum absolute atomic E-state index is 0.923. The summed E-state index contributed by atoms with van der Waals surface area (Å²) in [7, 11) is 0. The number of alkyl halides is 3. The molecule has 0 aliphatic rings. The molecule has 1 nitrogen and oxygen atoms in total. The largest absolute Gasteiger partial charge is 0.436 e. The van der Waals surface area contributed by atoms with Crippen LogP contribution in [0, 0.1) is 23.6 Å². The lowest BCUT2D eigenvalue weighted by Crippen LogP contribution is -2.13. The van der Waals surface area contributed by atoms with Crippen LogP contribution in [0.1, 0.15) is 5.69 Å². The topological polar surface area (TPSA) is 12.9 Å². The third kappa shape index (κ3) is 1.90. The summed E-state index contributed by atoms with van der Waals surface area (Å²) in [5.74, 6) is -5.98. The first kappa shape index (κ1) is 9.82. The summed E-state index contributed by atoms with van der Waals surface area (Å²) in [4.78, 5) is 2.07. The zero-order chi connectivity index (χ0) is 10.2. The van der Waals surface area contributed by atoms with Gasteiger partial charge >= 0.3 is 6.18 Å². The molecular formula is C6F6N. The fourth-order valence-corrected chi connectivity index (χ4v) is 0.591. The zero-order valence-corrected chi connectivity index (χ0v) is 5.72. The molecule has 0 bridgehead atoms. The van der Waals surface area contributed by atoms with Gasteiger partial charge in [0.1, 0.15) is 0 Å². The SMILES string of the molecule is Fc1[c]c(F)c(C(F)(F)F)nc1F. The van der Waals surface area contributed by atoms with E-state index in [1.165, 1.54) is 0 Å². The Hall–Kier alpha value is -1.27. The highest BCUT2D eigenvalue weighted by atomic mass is 19.4. The zero-order valence-electron chi connectivity index (χ0n) is 5.72. The molecule has 0 fully saturated rings. The second-order valence-electron chi connectivity index (χ2n) is 2.00. The maximum absolute atomic E-state index is 12.3. The first-order valence-electron chi connectivity index (χ1n) is 2.83. The van der Waals surface area contributed by atoms with Crippen LogP contribution in [0.4, 0.5) is 26.3 Å². The Balaban J connectivity index is 3.32. The molecule has 0 amide bonds. The van der Waals surface area contributed by atoms with Crippen LogP contribution in [-0.4, -0.2) is 4.98 Å². The van der Waals surface area contributed by atoms with Crippen molar-refractivity contribution in [1.82, 2.24) is 4.98 Å². The minimum Gasteiger partial charge on any atom is -0.209 e. The fourth-order valence-electron chi connectivity index (χ4n) is 0.591. The molecule has 0 aromatic carbocycles. The maximum Gasteiger partial charge on any atom is 0.436 e. The van der Waals surface area contributed by atoms with Crippen molar-refractivity contribution in [2.75, 3.05) is 0 Å². The molecule has 13 heavy (non-hydrogen) atoms. The molecule has 0 aliphatic carbocycles. The van der Waals surface area contributed by atoms with Gasteiger partial charge < -0.3 is 0 Å². The molecular weight excluding hydrogens is 200 g/mol. The van der Waals surface area contributed by atoms with Crippen LogP contribution in [0.3, 0.4) is 0 Å².